The van der Waals surface area contributed by atoms with Gasteiger partial charge in [-0.3, -0.25) is 10.1 Å². The Labute approximate surface area is 155 Å². The van der Waals surface area contributed by atoms with Crippen molar-refractivity contribution in [3.05, 3.63) is 88.1 Å². The SMILES string of the molecule is COc1cc([N+](=O)[O-])c2nc(/C=C/c3ccc4ccccc4c3)ccc2c1. The van der Waals surface area contributed by atoms with Crippen LogP contribution in [0.5, 0.6) is 5.75 Å². The first kappa shape index (κ1) is 16.7. The number of pyridine rings is 1. The number of nitro benzene ring substituents is 1. The standard InChI is InChI=1S/C22H16N2O3/c1-27-20-13-18-9-11-19(23-22(18)21(14-20)24(25)26)10-7-15-6-8-16-4-2-3-5-17(16)12-15/h2-14H,1H3/b10-7+. The van der Waals surface area contributed by atoms with Gasteiger partial charge in [0.15, 0.2) is 0 Å². The predicted octanol–water partition coefficient (Wildman–Crippen LogP) is 5.48. The maximum Gasteiger partial charge on any atom is 0.299 e. The van der Waals surface area contributed by atoms with Crippen molar-refractivity contribution in [1.82, 2.24) is 4.98 Å². The molecule has 0 bridgehead atoms. The molecule has 3 aromatic carbocycles. The van der Waals surface area contributed by atoms with E-state index in [1.165, 1.54) is 18.6 Å². The van der Waals surface area contributed by atoms with Crippen LogP contribution in [-0.2, 0) is 0 Å². The highest BCUT2D eigenvalue weighted by atomic mass is 16.6. The van der Waals surface area contributed by atoms with E-state index in [0.717, 1.165) is 10.9 Å². The third kappa shape index (κ3) is 3.35. The number of aromatic nitrogens is 1. The van der Waals surface area contributed by atoms with Gasteiger partial charge in [-0.25, -0.2) is 4.98 Å². The van der Waals surface area contributed by atoms with Crippen LogP contribution in [0, 0.1) is 10.1 Å². The van der Waals surface area contributed by atoms with E-state index in [1.54, 1.807) is 6.07 Å². The summed E-state index contributed by atoms with van der Waals surface area (Å²) in [5, 5.41) is 14.4. The van der Waals surface area contributed by atoms with E-state index >= 15 is 0 Å². The number of nitrogens with zero attached hydrogens (tertiary/aromatic N) is 2. The molecule has 0 atom stereocenters. The second kappa shape index (κ2) is 6.88. The van der Waals surface area contributed by atoms with Crippen molar-refractivity contribution in [1.29, 1.82) is 0 Å². The number of non-ortho nitro benzene ring substituents is 1. The van der Waals surface area contributed by atoms with Crippen molar-refractivity contribution in [2.24, 2.45) is 0 Å². The Hall–Kier alpha value is -3.73. The number of hydrogen-bond acceptors (Lipinski definition) is 4. The molecule has 4 rings (SSSR count). The van der Waals surface area contributed by atoms with Crippen LogP contribution < -0.4 is 4.74 Å². The predicted molar refractivity (Wildman–Crippen MR) is 108 cm³/mol. The summed E-state index contributed by atoms with van der Waals surface area (Å²) >= 11 is 0. The van der Waals surface area contributed by atoms with Crippen molar-refractivity contribution in [3.8, 4) is 5.75 Å². The van der Waals surface area contributed by atoms with Gasteiger partial charge in [-0.05, 0) is 40.6 Å². The van der Waals surface area contributed by atoms with Crippen LogP contribution in [0.4, 0.5) is 5.69 Å². The molecule has 0 N–H and O–H groups in total. The van der Waals surface area contributed by atoms with Gasteiger partial charge < -0.3 is 4.74 Å². The van der Waals surface area contributed by atoms with Gasteiger partial charge in [-0.15, -0.1) is 0 Å². The van der Waals surface area contributed by atoms with Crippen LogP contribution in [0.2, 0.25) is 0 Å². The fourth-order valence-corrected chi connectivity index (χ4v) is 3.05. The molecule has 0 radical (unpaired) electrons. The molecule has 1 heterocycles. The molecular weight excluding hydrogens is 340 g/mol. The number of hydrogen-bond donors (Lipinski definition) is 0. The first-order chi connectivity index (χ1) is 13.1. The van der Waals surface area contributed by atoms with E-state index in [9.17, 15) is 10.1 Å². The molecule has 0 spiro atoms. The molecule has 0 saturated heterocycles. The van der Waals surface area contributed by atoms with E-state index in [2.05, 4.69) is 29.2 Å². The number of benzene rings is 3. The van der Waals surface area contributed by atoms with Gasteiger partial charge in [-0.2, -0.15) is 0 Å². The maximum atomic E-state index is 11.4. The lowest BCUT2D eigenvalue weighted by Crippen LogP contribution is -1.94. The van der Waals surface area contributed by atoms with Crippen molar-refractivity contribution in [3.63, 3.8) is 0 Å². The van der Waals surface area contributed by atoms with Crippen LogP contribution in [0.15, 0.2) is 66.7 Å². The summed E-state index contributed by atoms with van der Waals surface area (Å²) in [5.74, 6) is 0.440. The largest absolute Gasteiger partial charge is 0.496 e. The zero-order valence-corrected chi connectivity index (χ0v) is 14.6. The maximum absolute atomic E-state index is 11.4. The minimum Gasteiger partial charge on any atom is -0.496 e. The minimum absolute atomic E-state index is 0.0645. The summed E-state index contributed by atoms with van der Waals surface area (Å²) in [6.07, 6.45) is 3.81. The highest BCUT2D eigenvalue weighted by Gasteiger charge is 2.16. The molecule has 1 aromatic heterocycles. The number of rotatable bonds is 4. The molecule has 0 unspecified atom stereocenters. The summed E-state index contributed by atoms with van der Waals surface area (Å²) in [6.45, 7) is 0. The van der Waals surface area contributed by atoms with Gasteiger partial charge in [0.2, 0.25) is 0 Å². The van der Waals surface area contributed by atoms with Crippen LogP contribution in [-0.4, -0.2) is 17.0 Å². The molecule has 4 aromatic rings. The molecule has 132 valence electrons. The van der Waals surface area contributed by atoms with Gasteiger partial charge in [0.25, 0.3) is 5.69 Å². The van der Waals surface area contributed by atoms with E-state index in [1.807, 2.05) is 42.5 Å². The fraction of sp³-hybridized carbons (Fsp3) is 0.0455. The summed E-state index contributed by atoms with van der Waals surface area (Å²) in [4.78, 5) is 15.4. The Morgan fingerprint density at radius 3 is 2.48 bits per heavy atom. The van der Waals surface area contributed by atoms with Gasteiger partial charge in [0, 0.05) is 5.39 Å². The quantitative estimate of drug-likeness (QED) is 0.359. The van der Waals surface area contributed by atoms with Crippen molar-refractivity contribution >= 4 is 39.5 Å². The Morgan fingerprint density at radius 1 is 0.926 bits per heavy atom. The lowest BCUT2D eigenvalue weighted by atomic mass is 10.1. The van der Waals surface area contributed by atoms with E-state index in [-0.39, 0.29) is 5.69 Å². The van der Waals surface area contributed by atoms with E-state index in [4.69, 9.17) is 4.74 Å². The third-order valence-corrected chi connectivity index (χ3v) is 4.42. The van der Waals surface area contributed by atoms with Crippen molar-refractivity contribution in [2.75, 3.05) is 7.11 Å². The molecule has 0 saturated carbocycles. The summed E-state index contributed by atoms with van der Waals surface area (Å²) in [6, 6.07) is 21.2. The van der Waals surface area contributed by atoms with Crippen molar-refractivity contribution in [2.45, 2.75) is 0 Å². The molecule has 0 aliphatic carbocycles. The monoisotopic (exact) mass is 356 g/mol. The number of ether oxygens (including phenoxy) is 1. The average Bonchev–Trinajstić information content (AvgIpc) is 2.71. The zero-order valence-electron chi connectivity index (χ0n) is 14.6. The smallest absolute Gasteiger partial charge is 0.299 e. The second-order valence-corrected chi connectivity index (χ2v) is 6.15. The van der Waals surface area contributed by atoms with E-state index in [0.29, 0.717) is 22.3 Å². The summed E-state index contributed by atoms with van der Waals surface area (Å²) < 4.78 is 5.14. The Bertz CT molecular complexity index is 1200. The molecule has 27 heavy (non-hydrogen) atoms. The van der Waals surface area contributed by atoms with Gasteiger partial charge in [0.1, 0.15) is 11.3 Å². The third-order valence-electron chi connectivity index (χ3n) is 4.42. The summed E-state index contributed by atoms with van der Waals surface area (Å²) in [5.41, 5.74) is 1.98. The van der Waals surface area contributed by atoms with Gasteiger partial charge in [0.05, 0.1) is 23.8 Å². The van der Waals surface area contributed by atoms with Crippen LogP contribution in [0.1, 0.15) is 11.3 Å². The average molecular weight is 356 g/mol. The molecule has 0 aliphatic heterocycles. The molecule has 0 amide bonds. The zero-order chi connectivity index (χ0) is 18.8. The van der Waals surface area contributed by atoms with Gasteiger partial charge in [-0.1, -0.05) is 48.5 Å². The lowest BCUT2D eigenvalue weighted by Gasteiger charge is -2.04. The van der Waals surface area contributed by atoms with Gasteiger partial charge >= 0.3 is 0 Å². The Morgan fingerprint density at radius 2 is 1.70 bits per heavy atom. The molecule has 5 heteroatoms. The molecule has 0 aliphatic rings. The lowest BCUT2D eigenvalue weighted by molar-refractivity contribution is -0.383. The number of nitro groups is 1. The molecular formula is C22H16N2O3. The topological polar surface area (TPSA) is 65.3 Å². The minimum atomic E-state index is -0.436. The molecule has 5 nitrogen and oxygen atoms in total. The fourth-order valence-electron chi connectivity index (χ4n) is 3.05. The van der Waals surface area contributed by atoms with Crippen LogP contribution in [0.3, 0.4) is 0 Å². The number of methoxy groups -OCH3 is 1. The highest BCUT2D eigenvalue weighted by molar-refractivity contribution is 5.90. The first-order valence-electron chi connectivity index (χ1n) is 8.44. The van der Waals surface area contributed by atoms with E-state index < -0.39 is 4.92 Å². The Kier molecular flexibility index (Phi) is 4.26. The highest BCUT2D eigenvalue weighted by Crippen LogP contribution is 2.30. The van der Waals surface area contributed by atoms with Crippen molar-refractivity contribution < 1.29 is 9.66 Å². The first-order valence-corrected chi connectivity index (χ1v) is 8.44. The summed E-state index contributed by atoms with van der Waals surface area (Å²) in [7, 11) is 1.49. The van der Waals surface area contributed by atoms with Crippen LogP contribution >= 0.6 is 0 Å². The molecule has 0 fully saturated rings. The number of fused-ring (bicyclic) bond motifs is 2. The normalized spacial score (nSPS) is 11.3. The van der Waals surface area contributed by atoms with Crippen LogP contribution in [0.25, 0.3) is 33.8 Å². The Balaban J connectivity index is 1.73. The second-order valence-electron chi connectivity index (χ2n) is 6.15.